The first-order valence-corrected chi connectivity index (χ1v) is 7.71. The quantitative estimate of drug-likeness (QED) is 0.656. The molecular formula is C16H17N5O3. The number of nitriles is 1. The van der Waals surface area contributed by atoms with E-state index >= 15 is 0 Å². The third-order valence-corrected chi connectivity index (χ3v) is 4.44. The van der Waals surface area contributed by atoms with Crippen molar-refractivity contribution in [3.63, 3.8) is 0 Å². The summed E-state index contributed by atoms with van der Waals surface area (Å²) in [6, 6.07) is 6.38. The number of aromatic amines is 1. The predicted molar refractivity (Wildman–Crippen MR) is 86.3 cm³/mol. The maximum absolute atomic E-state index is 10.8. The molecule has 0 amide bonds. The summed E-state index contributed by atoms with van der Waals surface area (Å²) in [5.41, 5.74) is 0.918. The zero-order valence-electron chi connectivity index (χ0n) is 12.9. The van der Waals surface area contributed by atoms with Crippen LogP contribution in [0.15, 0.2) is 30.6 Å². The molecule has 1 aliphatic rings. The number of rotatable bonds is 4. The van der Waals surface area contributed by atoms with Gasteiger partial charge in [-0.15, -0.1) is 0 Å². The monoisotopic (exact) mass is 327 g/mol. The molecule has 2 aromatic rings. The summed E-state index contributed by atoms with van der Waals surface area (Å²) in [5, 5.41) is 30.5. The summed E-state index contributed by atoms with van der Waals surface area (Å²) in [4.78, 5) is 19.4. The van der Waals surface area contributed by atoms with Crippen LogP contribution in [0.4, 0.5) is 11.4 Å². The van der Waals surface area contributed by atoms with Crippen LogP contribution in [0, 0.1) is 27.4 Å². The molecule has 8 nitrogen and oxygen atoms in total. The van der Waals surface area contributed by atoms with Crippen LogP contribution in [0.2, 0.25) is 0 Å². The molecule has 1 aromatic carbocycles. The van der Waals surface area contributed by atoms with Crippen LogP contribution in [0.1, 0.15) is 30.3 Å². The van der Waals surface area contributed by atoms with E-state index in [4.69, 9.17) is 0 Å². The van der Waals surface area contributed by atoms with Gasteiger partial charge < -0.3 is 15.0 Å². The van der Waals surface area contributed by atoms with E-state index in [1.807, 2.05) is 11.0 Å². The van der Waals surface area contributed by atoms with Crippen LogP contribution in [-0.4, -0.2) is 33.1 Å². The molecule has 0 saturated carbocycles. The minimum atomic E-state index is -0.630. The second-order valence-electron chi connectivity index (χ2n) is 5.81. The van der Waals surface area contributed by atoms with Gasteiger partial charge in [-0.1, -0.05) is 0 Å². The van der Waals surface area contributed by atoms with Gasteiger partial charge >= 0.3 is 0 Å². The molecular weight excluding hydrogens is 310 g/mol. The Labute approximate surface area is 138 Å². The number of aliphatic hydroxyl groups excluding tert-OH is 1. The van der Waals surface area contributed by atoms with Crippen molar-refractivity contribution < 1.29 is 10.0 Å². The van der Waals surface area contributed by atoms with Crippen molar-refractivity contribution in [2.24, 2.45) is 5.92 Å². The highest BCUT2D eigenvalue weighted by atomic mass is 16.6. The van der Waals surface area contributed by atoms with Crippen molar-refractivity contribution in [2.45, 2.75) is 18.9 Å². The number of H-pyrrole nitrogens is 1. The first-order chi connectivity index (χ1) is 11.6. The largest absolute Gasteiger partial charge is 0.385 e. The minimum absolute atomic E-state index is 0.0848. The molecule has 1 aliphatic heterocycles. The fourth-order valence-corrected chi connectivity index (χ4v) is 3.12. The van der Waals surface area contributed by atoms with E-state index in [2.05, 4.69) is 9.97 Å². The molecule has 124 valence electrons. The number of aliphatic hydroxyl groups is 1. The van der Waals surface area contributed by atoms with E-state index in [0.717, 1.165) is 12.8 Å². The Kier molecular flexibility index (Phi) is 4.44. The lowest BCUT2D eigenvalue weighted by molar-refractivity contribution is -0.384. The van der Waals surface area contributed by atoms with Crippen LogP contribution in [-0.2, 0) is 0 Å². The van der Waals surface area contributed by atoms with Gasteiger partial charge in [0.05, 0.1) is 16.2 Å². The lowest BCUT2D eigenvalue weighted by Crippen LogP contribution is -2.36. The van der Waals surface area contributed by atoms with Gasteiger partial charge in [-0.3, -0.25) is 10.1 Å². The van der Waals surface area contributed by atoms with E-state index in [9.17, 15) is 20.5 Å². The third-order valence-electron chi connectivity index (χ3n) is 4.44. The van der Waals surface area contributed by atoms with Crippen molar-refractivity contribution in [1.29, 1.82) is 5.26 Å². The zero-order valence-corrected chi connectivity index (χ0v) is 12.9. The van der Waals surface area contributed by atoms with Crippen molar-refractivity contribution in [3.05, 3.63) is 52.1 Å². The summed E-state index contributed by atoms with van der Waals surface area (Å²) >= 11 is 0. The van der Waals surface area contributed by atoms with Crippen LogP contribution in [0.25, 0.3) is 0 Å². The van der Waals surface area contributed by atoms with Crippen LogP contribution in [0.5, 0.6) is 0 Å². The Bertz CT molecular complexity index is 761. The van der Waals surface area contributed by atoms with E-state index < -0.39 is 11.0 Å². The van der Waals surface area contributed by atoms with Gasteiger partial charge in [-0.25, -0.2) is 4.98 Å². The van der Waals surface area contributed by atoms with Crippen molar-refractivity contribution in [3.8, 4) is 6.07 Å². The molecule has 0 unspecified atom stereocenters. The van der Waals surface area contributed by atoms with Gasteiger partial charge in [0.2, 0.25) is 0 Å². The number of anilines is 1. The van der Waals surface area contributed by atoms with E-state index in [1.165, 1.54) is 12.1 Å². The average Bonchev–Trinajstić information content (AvgIpc) is 3.15. The number of hydrogen-bond donors (Lipinski definition) is 2. The third kappa shape index (κ3) is 3.07. The zero-order chi connectivity index (χ0) is 17.1. The molecule has 2 heterocycles. The predicted octanol–water partition coefficient (Wildman–Crippen LogP) is 2.14. The van der Waals surface area contributed by atoms with E-state index in [-0.39, 0.29) is 11.6 Å². The molecule has 8 heteroatoms. The van der Waals surface area contributed by atoms with E-state index in [0.29, 0.717) is 30.2 Å². The standard InChI is InChI=1S/C16H17N5O3/c17-10-12-9-13(21(23)24)1-2-14(12)20-7-3-11(4-8-20)15(22)16-18-5-6-19-16/h1-2,5-6,9,11,15,22H,3-4,7-8H2,(H,18,19)/t15-/m1/s1. The number of aromatic nitrogens is 2. The molecule has 3 rings (SSSR count). The number of piperidine rings is 1. The highest BCUT2D eigenvalue weighted by Gasteiger charge is 2.28. The van der Waals surface area contributed by atoms with Crippen molar-refractivity contribution >= 4 is 11.4 Å². The normalized spacial score (nSPS) is 16.6. The second kappa shape index (κ2) is 6.68. The number of benzene rings is 1. The molecule has 1 fully saturated rings. The fraction of sp³-hybridized carbons (Fsp3) is 0.375. The molecule has 0 aliphatic carbocycles. The van der Waals surface area contributed by atoms with Gasteiger partial charge in [-0.05, 0) is 24.8 Å². The van der Waals surface area contributed by atoms with Gasteiger partial charge in [-0.2, -0.15) is 5.26 Å². The number of nitrogens with zero attached hydrogens (tertiary/aromatic N) is 4. The number of imidazole rings is 1. The van der Waals surface area contributed by atoms with Gasteiger partial charge in [0, 0.05) is 37.6 Å². The lowest BCUT2D eigenvalue weighted by atomic mass is 9.90. The number of nitro benzene ring substituents is 1. The summed E-state index contributed by atoms with van der Waals surface area (Å²) in [7, 11) is 0. The Morgan fingerprint density at radius 2 is 2.21 bits per heavy atom. The Hall–Kier alpha value is -2.92. The molecule has 0 spiro atoms. The smallest absolute Gasteiger partial charge is 0.270 e. The first kappa shape index (κ1) is 16.0. The average molecular weight is 327 g/mol. The number of nitrogens with one attached hydrogen (secondary N) is 1. The van der Waals surface area contributed by atoms with Crippen molar-refractivity contribution in [2.75, 3.05) is 18.0 Å². The minimum Gasteiger partial charge on any atom is -0.385 e. The lowest BCUT2D eigenvalue weighted by Gasteiger charge is -2.35. The molecule has 0 radical (unpaired) electrons. The topological polar surface area (TPSA) is 119 Å². The molecule has 1 atom stereocenters. The summed E-state index contributed by atoms with van der Waals surface area (Å²) in [6.07, 6.45) is 4.18. The Morgan fingerprint density at radius 1 is 1.46 bits per heavy atom. The Balaban J connectivity index is 1.71. The van der Waals surface area contributed by atoms with Crippen molar-refractivity contribution in [1.82, 2.24) is 9.97 Å². The summed E-state index contributed by atoms with van der Waals surface area (Å²) < 4.78 is 0. The number of nitro groups is 1. The molecule has 1 aromatic heterocycles. The summed E-state index contributed by atoms with van der Waals surface area (Å²) in [6.45, 7) is 1.35. The van der Waals surface area contributed by atoms with Crippen LogP contribution >= 0.6 is 0 Å². The fourth-order valence-electron chi connectivity index (χ4n) is 3.12. The first-order valence-electron chi connectivity index (χ1n) is 7.71. The summed E-state index contributed by atoms with van der Waals surface area (Å²) in [5.74, 6) is 0.664. The maximum Gasteiger partial charge on any atom is 0.270 e. The van der Waals surface area contributed by atoms with Crippen LogP contribution in [0.3, 0.4) is 0 Å². The van der Waals surface area contributed by atoms with Gasteiger partial charge in [0.25, 0.3) is 5.69 Å². The second-order valence-corrected chi connectivity index (χ2v) is 5.81. The van der Waals surface area contributed by atoms with E-state index in [1.54, 1.807) is 18.5 Å². The molecule has 2 N–H and O–H groups in total. The number of non-ortho nitro benzene ring substituents is 1. The van der Waals surface area contributed by atoms with Gasteiger partial charge in [0.1, 0.15) is 18.0 Å². The van der Waals surface area contributed by atoms with Gasteiger partial charge in [0.15, 0.2) is 0 Å². The highest BCUT2D eigenvalue weighted by molar-refractivity contribution is 5.63. The molecule has 1 saturated heterocycles. The Morgan fingerprint density at radius 3 is 2.79 bits per heavy atom. The number of hydrogen-bond acceptors (Lipinski definition) is 6. The SMILES string of the molecule is N#Cc1cc([N+](=O)[O-])ccc1N1CCC([C@@H](O)c2ncc[nH]2)CC1. The molecule has 0 bridgehead atoms. The molecule has 24 heavy (non-hydrogen) atoms. The van der Waals surface area contributed by atoms with Crippen LogP contribution < -0.4 is 4.90 Å². The maximum atomic E-state index is 10.8. The highest BCUT2D eigenvalue weighted by Crippen LogP contribution is 2.33.